The molecule has 0 aliphatic carbocycles. The molecular weight excluding hydrogens is 304 g/mol. The highest BCUT2D eigenvalue weighted by Gasteiger charge is 2.23. The highest BCUT2D eigenvalue weighted by atomic mass is 32.2. The SMILES string of the molecule is COc1n[nH]c(NS(=O)(=O)c2cn(C)c(=O)n(C)c2=O)n1. The number of anilines is 1. The molecule has 2 aromatic heterocycles. The van der Waals surface area contributed by atoms with Gasteiger partial charge < -0.3 is 9.30 Å². The van der Waals surface area contributed by atoms with Crippen molar-refractivity contribution in [2.24, 2.45) is 14.1 Å². The van der Waals surface area contributed by atoms with Gasteiger partial charge in [-0.3, -0.25) is 9.36 Å². The van der Waals surface area contributed by atoms with E-state index in [0.717, 1.165) is 10.8 Å². The fourth-order valence-electron chi connectivity index (χ4n) is 1.53. The highest BCUT2D eigenvalue weighted by Crippen LogP contribution is 2.10. The average Bonchev–Trinajstić information content (AvgIpc) is 2.87. The summed E-state index contributed by atoms with van der Waals surface area (Å²) in [4.78, 5) is 26.5. The van der Waals surface area contributed by atoms with Crippen LogP contribution in [0.1, 0.15) is 0 Å². The summed E-state index contributed by atoms with van der Waals surface area (Å²) in [6.45, 7) is 0. The maximum Gasteiger partial charge on any atom is 0.336 e. The Labute approximate surface area is 118 Å². The molecule has 0 bridgehead atoms. The summed E-state index contributed by atoms with van der Waals surface area (Å²) in [5, 5.41) is 5.85. The van der Waals surface area contributed by atoms with Crippen LogP contribution in [0.15, 0.2) is 20.7 Å². The number of H-pyrrole nitrogens is 1. The molecule has 0 atom stereocenters. The molecule has 114 valence electrons. The molecule has 2 heterocycles. The van der Waals surface area contributed by atoms with E-state index < -0.39 is 26.2 Å². The minimum atomic E-state index is -4.23. The van der Waals surface area contributed by atoms with Gasteiger partial charge in [0.05, 0.1) is 7.11 Å². The molecule has 0 fully saturated rings. The molecule has 2 aromatic rings. The molecule has 0 saturated carbocycles. The average molecular weight is 316 g/mol. The van der Waals surface area contributed by atoms with Crippen LogP contribution in [0.3, 0.4) is 0 Å². The number of aromatic nitrogens is 5. The molecule has 0 amide bonds. The van der Waals surface area contributed by atoms with Crippen LogP contribution in [-0.2, 0) is 24.1 Å². The second kappa shape index (κ2) is 5.05. The Morgan fingerprint density at radius 1 is 1.33 bits per heavy atom. The summed E-state index contributed by atoms with van der Waals surface area (Å²) in [5.74, 6) is -0.220. The first-order valence-electron chi connectivity index (χ1n) is 5.52. The molecule has 11 nitrogen and oxygen atoms in total. The van der Waals surface area contributed by atoms with Gasteiger partial charge in [-0.15, -0.1) is 5.10 Å². The topological polar surface area (TPSA) is 141 Å². The number of nitrogens with zero attached hydrogens (tertiary/aromatic N) is 4. The zero-order valence-electron chi connectivity index (χ0n) is 11.3. The van der Waals surface area contributed by atoms with Gasteiger partial charge in [-0.1, -0.05) is 0 Å². The van der Waals surface area contributed by atoms with Gasteiger partial charge >= 0.3 is 11.7 Å². The van der Waals surface area contributed by atoms with Gasteiger partial charge in [-0.2, -0.15) is 4.98 Å². The number of ether oxygens (including phenoxy) is 1. The number of sulfonamides is 1. The van der Waals surface area contributed by atoms with Gasteiger partial charge in [-0.25, -0.2) is 23.0 Å². The Bertz CT molecular complexity index is 892. The number of nitrogens with one attached hydrogen (secondary N) is 2. The highest BCUT2D eigenvalue weighted by molar-refractivity contribution is 7.92. The molecule has 0 radical (unpaired) electrons. The third-order valence-electron chi connectivity index (χ3n) is 2.58. The first-order chi connectivity index (χ1) is 9.76. The molecule has 0 unspecified atom stereocenters. The summed E-state index contributed by atoms with van der Waals surface area (Å²) in [7, 11) is -0.410. The quantitative estimate of drug-likeness (QED) is 0.665. The second-order valence-electron chi connectivity index (χ2n) is 4.03. The summed E-state index contributed by atoms with van der Waals surface area (Å²) in [6, 6.07) is -0.0685. The standard InChI is InChI=1S/C9H12N6O5S/c1-14-4-5(6(16)15(2)9(14)17)21(18,19)13-7-10-8(20-3)12-11-7/h4H,1-3H3,(H2,10,11,12,13). The predicted molar refractivity (Wildman–Crippen MR) is 70.7 cm³/mol. The summed E-state index contributed by atoms with van der Waals surface area (Å²) in [6.07, 6.45) is 0.931. The van der Waals surface area contributed by atoms with Crippen molar-refractivity contribution < 1.29 is 13.2 Å². The van der Waals surface area contributed by atoms with E-state index in [1.165, 1.54) is 21.2 Å². The Morgan fingerprint density at radius 3 is 2.57 bits per heavy atom. The fraction of sp³-hybridized carbons (Fsp3) is 0.333. The van der Waals surface area contributed by atoms with Crippen molar-refractivity contribution in [2.45, 2.75) is 4.90 Å². The smallest absolute Gasteiger partial charge is 0.336 e. The number of aromatic amines is 1. The van der Waals surface area contributed by atoms with Crippen LogP contribution in [0.2, 0.25) is 0 Å². The molecule has 0 aliphatic rings. The molecular formula is C9H12N6O5S. The lowest BCUT2D eigenvalue weighted by molar-refractivity contribution is 0.382. The Morgan fingerprint density at radius 2 is 2.00 bits per heavy atom. The van der Waals surface area contributed by atoms with Crippen LogP contribution < -0.4 is 20.7 Å². The number of methoxy groups -OCH3 is 1. The third-order valence-corrected chi connectivity index (χ3v) is 3.90. The number of aryl methyl sites for hydroxylation is 1. The van der Waals surface area contributed by atoms with Crippen molar-refractivity contribution in [3.05, 3.63) is 27.0 Å². The van der Waals surface area contributed by atoms with E-state index in [1.807, 2.05) is 4.72 Å². The largest absolute Gasteiger partial charge is 0.466 e. The van der Waals surface area contributed by atoms with Crippen LogP contribution in [0.4, 0.5) is 5.95 Å². The van der Waals surface area contributed by atoms with Gasteiger partial charge in [0.25, 0.3) is 15.6 Å². The molecule has 2 rings (SSSR count). The van der Waals surface area contributed by atoms with E-state index in [0.29, 0.717) is 4.57 Å². The van der Waals surface area contributed by atoms with Gasteiger partial charge in [0, 0.05) is 20.3 Å². The van der Waals surface area contributed by atoms with E-state index in [2.05, 4.69) is 15.2 Å². The van der Waals surface area contributed by atoms with Gasteiger partial charge in [-0.05, 0) is 0 Å². The predicted octanol–water partition coefficient (Wildman–Crippen LogP) is -1.99. The lowest BCUT2D eigenvalue weighted by Crippen LogP contribution is -2.40. The normalized spacial score (nSPS) is 11.4. The Hall–Kier alpha value is -2.63. The van der Waals surface area contributed by atoms with Crippen LogP contribution in [0.5, 0.6) is 6.01 Å². The van der Waals surface area contributed by atoms with Crippen LogP contribution >= 0.6 is 0 Å². The maximum absolute atomic E-state index is 12.2. The minimum absolute atomic E-state index is 0.0685. The monoisotopic (exact) mass is 316 g/mol. The molecule has 0 saturated heterocycles. The molecule has 21 heavy (non-hydrogen) atoms. The van der Waals surface area contributed by atoms with Crippen LogP contribution in [0.25, 0.3) is 0 Å². The molecule has 2 N–H and O–H groups in total. The van der Waals surface area contributed by atoms with E-state index in [1.54, 1.807) is 0 Å². The zero-order chi connectivity index (χ0) is 15.8. The van der Waals surface area contributed by atoms with Gasteiger partial charge in [0.2, 0.25) is 5.95 Å². The van der Waals surface area contributed by atoms with E-state index >= 15 is 0 Å². The van der Waals surface area contributed by atoms with Crippen LogP contribution in [-0.4, -0.2) is 39.8 Å². The third kappa shape index (κ3) is 2.65. The number of hydrogen-bond donors (Lipinski definition) is 2. The van der Waals surface area contributed by atoms with Crippen molar-refractivity contribution in [1.29, 1.82) is 0 Å². The van der Waals surface area contributed by atoms with E-state index in [4.69, 9.17) is 4.74 Å². The molecule has 0 spiro atoms. The van der Waals surface area contributed by atoms with Crippen molar-refractivity contribution in [3.63, 3.8) is 0 Å². The van der Waals surface area contributed by atoms with Crippen molar-refractivity contribution >= 4 is 16.0 Å². The number of hydrogen-bond acceptors (Lipinski definition) is 7. The van der Waals surface area contributed by atoms with Gasteiger partial charge in [0.1, 0.15) is 0 Å². The van der Waals surface area contributed by atoms with Crippen molar-refractivity contribution in [3.8, 4) is 6.01 Å². The number of rotatable bonds is 4. The fourth-order valence-corrected chi connectivity index (χ4v) is 2.64. The van der Waals surface area contributed by atoms with E-state index in [9.17, 15) is 18.0 Å². The second-order valence-corrected chi connectivity index (χ2v) is 5.68. The van der Waals surface area contributed by atoms with Crippen molar-refractivity contribution in [2.75, 3.05) is 11.8 Å². The molecule has 0 aromatic carbocycles. The Kier molecular flexibility index (Phi) is 3.55. The summed E-state index contributed by atoms with van der Waals surface area (Å²) in [5.41, 5.74) is -1.59. The first-order valence-corrected chi connectivity index (χ1v) is 7.00. The molecule has 12 heteroatoms. The van der Waals surface area contributed by atoms with Gasteiger partial charge in [0.15, 0.2) is 4.90 Å². The van der Waals surface area contributed by atoms with Crippen LogP contribution in [0, 0.1) is 0 Å². The minimum Gasteiger partial charge on any atom is -0.466 e. The zero-order valence-corrected chi connectivity index (χ0v) is 12.1. The first kappa shape index (κ1) is 14.8. The van der Waals surface area contributed by atoms with E-state index in [-0.39, 0.29) is 12.0 Å². The maximum atomic E-state index is 12.2. The summed E-state index contributed by atoms with van der Waals surface area (Å²) >= 11 is 0. The molecule has 0 aliphatic heterocycles. The summed E-state index contributed by atoms with van der Waals surface area (Å²) < 4.78 is 32.7. The Balaban J connectivity index is 2.50. The van der Waals surface area contributed by atoms with Crippen molar-refractivity contribution in [1.82, 2.24) is 24.3 Å². The lowest BCUT2D eigenvalue weighted by atomic mass is 10.6. The lowest BCUT2D eigenvalue weighted by Gasteiger charge is -2.07.